The Bertz CT molecular complexity index is 1410. The summed E-state index contributed by atoms with van der Waals surface area (Å²) >= 11 is 12.1. The van der Waals surface area contributed by atoms with Gasteiger partial charge in [-0.1, -0.05) is 41.4 Å². The summed E-state index contributed by atoms with van der Waals surface area (Å²) in [5, 5.41) is 7.14. The SMILES string of the molecule is O=C(Nc1cnn(Cc2c(F)cc(F)c(F)c2F)c1)c1cccc(COc2cccc(Cl)c2Cl)c1. The van der Waals surface area contributed by atoms with Crippen LogP contribution in [0.5, 0.6) is 5.75 Å². The molecule has 0 saturated carbocycles. The zero-order valence-electron chi connectivity index (χ0n) is 17.7. The molecule has 0 radical (unpaired) electrons. The molecule has 0 unspecified atom stereocenters. The maximum Gasteiger partial charge on any atom is 0.255 e. The van der Waals surface area contributed by atoms with Gasteiger partial charge in [-0.05, 0) is 29.8 Å². The molecule has 0 aliphatic carbocycles. The quantitative estimate of drug-likeness (QED) is 0.168. The Balaban J connectivity index is 1.42. The van der Waals surface area contributed by atoms with Crippen molar-refractivity contribution in [3.05, 3.63) is 111 Å². The van der Waals surface area contributed by atoms with Crippen LogP contribution in [0, 0.1) is 23.3 Å². The number of ether oxygens (including phenoxy) is 1. The van der Waals surface area contributed by atoms with E-state index in [0.29, 0.717) is 21.9 Å². The Labute approximate surface area is 206 Å². The molecule has 5 nitrogen and oxygen atoms in total. The number of amides is 1. The molecule has 3 aromatic carbocycles. The van der Waals surface area contributed by atoms with Gasteiger partial charge in [0.1, 0.15) is 23.2 Å². The number of nitrogens with zero attached hydrogens (tertiary/aromatic N) is 2. The number of hydrogen-bond acceptors (Lipinski definition) is 3. The Morgan fingerprint density at radius 3 is 2.57 bits per heavy atom. The van der Waals surface area contributed by atoms with Crippen LogP contribution < -0.4 is 10.1 Å². The monoisotopic (exact) mass is 523 g/mol. The lowest BCUT2D eigenvalue weighted by molar-refractivity contribution is 0.102. The first-order valence-corrected chi connectivity index (χ1v) is 10.8. The number of halogens is 6. The van der Waals surface area contributed by atoms with Crippen LogP contribution in [0.3, 0.4) is 0 Å². The third-order valence-corrected chi connectivity index (χ3v) is 5.72. The Morgan fingerprint density at radius 2 is 1.77 bits per heavy atom. The van der Waals surface area contributed by atoms with Crippen molar-refractivity contribution in [2.24, 2.45) is 0 Å². The molecule has 11 heteroatoms. The minimum atomic E-state index is -1.77. The van der Waals surface area contributed by atoms with E-state index in [0.717, 1.165) is 4.68 Å². The zero-order valence-corrected chi connectivity index (χ0v) is 19.2. The zero-order chi connectivity index (χ0) is 25.1. The van der Waals surface area contributed by atoms with E-state index in [9.17, 15) is 22.4 Å². The second-order valence-electron chi connectivity index (χ2n) is 7.37. The van der Waals surface area contributed by atoms with Gasteiger partial charge in [-0.2, -0.15) is 5.10 Å². The summed E-state index contributed by atoms with van der Waals surface area (Å²) in [7, 11) is 0. The van der Waals surface area contributed by atoms with Gasteiger partial charge < -0.3 is 10.1 Å². The van der Waals surface area contributed by atoms with Gasteiger partial charge in [-0.15, -0.1) is 0 Å². The third-order valence-electron chi connectivity index (χ3n) is 4.92. The lowest BCUT2D eigenvalue weighted by Crippen LogP contribution is -2.12. The normalized spacial score (nSPS) is 10.9. The molecular weight excluding hydrogens is 509 g/mol. The smallest absolute Gasteiger partial charge is 0.255 e. The molecule has 1 N–H and O–H groups in total. The fraction of sp³-hybridized carbons (Fsp3) is 0.0833. The molecule has 0 aliphatic heterocycles. The molecule has 0 atom stereocenters. The number of nitrogens with one attached hydrogen (secondary N) is 1. The average Bonchev–Trinajstić information content (AvgIpc) is 3.28. The van der Waals surface area contributed by atoms with Crippen molar-refractivity contribution in [3.63, 3.8) is 0 Å². The fourth-order valence-corrected chi connectivity index (χ4v) is 3.53. The molecule has 0 bridgehead atoms. The first-order chi connectivity index (χ1) is 16.7. The largest absolute Gasteiger partial charge is 0.487 e. The molecule has 0 spiro atoms. The molecule has 0 fully saturated rings. The molecule has 0 saturated heterocycles. The number of rotatable bonds is 7. The molecule has 1 heterocycles. The van der Waals surface area contributed by atoms with Crippen LogP contribution in [0.2, 0.25) is 10.0 Å². The number of benzene rings is 3. The van der Waals surface area contributed by atoms with Gasteiger partial charge in [0.15, 0.2) is 17.5 Å². The second-order valence-corrected chi connectivity index (χ2v) is 8.15. The standard InChI is InChI=1S/C24H15Cl2F4N3O2/c25-17-5-2-6-20(21(17)26)35-12-13-3-1-4-14(7-13)24(34)32-15-9-31-33(10-15)11-16-18(27)8-19(28)23(30)22(16)29/h1-10H,11-12H2,(H,32,34). The Morgan fingerprint density at radius 1 is 1.00 bits per heavy atom. The highest BCUT2D eigenvalue weighted by molar-refractivity contribution is 6.42. The summed E-state index contributed by atoms with van der Waals surface area (Å²) in [6.45, 7) is -0.381. The van der Waals surface area contributed by atoms with Crippen molar-refractivity contribution in [3.8, 4) is 5.75 Å². The summed E-state index contributed by atoms with van der Waals surface area (Å²) in [5.41, 5.74) is 0.533. The molecule has 35 heavy (non-hydrogen) atoms. The van der Waals surface area contributed by atoms with Crippen LogP contribution in [0.15, 0.2) is 60.9 Å². The maximum absolute atomic E-state index is 13.9. The summed E-state index contributed by atoms with van der Waals surface area (Å²) in [5.74, 6) is -6.36. The predicted molar refractivity (Wildman–Crippen MR) is 123 cm³/mol. The van der Waals surface area contributed by atoms with E-state index in [1.165, 1.54) is 12.4 Å². The lowest BCUT2D eigenvalue weighted by Gasteiger charge is -2.10. The maximum atomic E-state index is 13.9. The summed E-state index contributed by atoms with van der Waals surface area (Å²) in [6, 6.07) is 11.9. The van der Waals surface area contributed by atoms with E-state index in [2.05, 4.69) is 10.4 Å². The van der Waals surface area contributed by atoms with E-state index in [1.54, 1.807) is 42.5 Å². The van der Waals surface area contributed by atoms with Gasteiger partial charge >= 0.3 is 0 Å². The topological polar surface area (TPSA) is 56.2 Å². The van der Waals surface area contributed by atoms with Gasteiger partial charge in [-0.25, -0.2) is 17.6 Å². The number of anilines is 1. The molecule has 1 amide bonds. The van der Waals surface area contributed by atoms with Gasteiger partial charge in [0.2, 0.25) is 0 Å². The van der Waals surface area contributed by atoms with Crippen molar-refractivity contribution < 1.29 is 27.1 Å². The predicted octanol–water partition coefficient (Wildman–Crippen LogP) is 6.63. The van der Waals surface area contributed by atoms with Gasteiger partial charge in [0.05, 0.1) is 23.5 Å². The Hall–Kier alpha value is -3.56. The number of carbonyl (C=O) groups excluding carboxylic acids is 1. The van der Waals surface area contributed by atoms with E-state index >= 15 is 0 Å². The highest BCUT2D eigenvalue weighted by Crippen LogP contribution is 2.32. The average molecular weight is 524 g/mol. The highest BCUT2D eigenvalue weighted by atomic mass is 35.5. The first kappa shape index (κ1) is 24.6. The molecule has 180 valence electrons. The van der Waals surface area contributed by atoms with E-state index in [4.69, 9.17) is 27.9 Å². The van der Waals surface area contributed by atoms with Crippen LogP contribution in [0.25, 0.3) is 0 Å². The van der Waals surface area contributed by atoms with Gasteiger partial charge in [0.25, 0.3) is 5.91 Å². The minimum Gasteiger partial charge on any atom is -0.487 e. The van der Waals surface area contributed by atoms with Crippen molar-refractivity contribution in [1.82, 2.24) is 9.78 Å². The van der Waals surface area contributed by atoms with Crippen molar-refractivity contribution >= 4 is 34.8 Å². The molecule has 1 aromatic heterocycles. The van der Waals surface area contributed by atoms with Gasteiger partial charge in [-0.3, -0.25) is 9.48 Å². The Kier molecular flexibility index (Phi) is 7.28. The van der Waals surface area contributed by atoms with Crippen LogP contribution in [0.4, 0.5) is 23.2 Å². The molecular formula is C24H15Cl2F4N3O2. The van der Waals surface area contributed by atoms with Crippen LogP contribution in [-0.2, 0) is 13.2 Å². The minimum absolute atomic E-state index is 0.129. The molecule has 4 rings (SSSR count). The third kappa shape index (κ3) is 5.58. The van der Waals surface area contributed by atoms with E-state index in [-0.39, 0.29) is 23.4 Å². The number of aromatic nitrogens is 2. The summed E-state index contributed by atoms with van der Waals surface area (Å²) in [6.07, 6.45) is 2.55. The van der Waals surface area contributed by atoms with Crippen molar-refractivity contribution in [2.75, 3.05) is 5.32 Å². The number of hydrogen-bond donors (Lipinski definition) is 1. The summed E-state index contributed by atoms with van der Waals surface area (Å²) in [4.78, 5) is 12.7. The lowest BCUT2D eigenvalue weighted by atomic mass is 10.1. The second kappa shape index (κ2) is 10.4. The summed E-state index contributed by atoms with van der Waals surface area (Å²) < 4.78 is 61.1. The van der Waals surface area contributed by atoms with Crippen molar-refractivity contribution in [2.45, 2.75) is 13.2 Å². The molecule has 0 aliphatic rings. The van der Waals surface area contributed by atoms with E-state index in [1.807, 2.05) is 0 Å². The number of carbonyl (C=O) groups is 1. The van der Waals surface area contributed by atoms with Crippen LogP contribution >= 0.6 is 23.2 Å². The van der Waals surface area contributed by atoms with Gasteiger partial charge in [0, 0.05) is 23.4 Å². The van der Waals surface area contributed by atoms with E-state index < -0.39 is 41.3 Å². The van der Waals surface area contributed by atoms with Crippen LogP contribution in [-0.4, -0.2) is 15.7 Å². The molecule has 4 aromatic rings. The first-order valence-electron chi connectivity index (χ1n) is 10.0. The van der Waals surface area contributed by atoms with Crippen LogP contribution in [0.1, 0.15) is 21.5 Å². The van der Waals surface area contributed by atoms with Crippen molar-refractivity contribution in [1.29, 1.82) is 0 Å². The highest BCUT2D eigenvalue weighted by Gasteiger charge is 2.20. The fourth-order valence-electron chi connectivity index (χ4n) is 3.19.